The molecule has 0 bridgehead atoms. The van der Waals surface area contributed by atoms with Crippen molar-refractivity contribution in [1.29, 1.82) is 0 Å². The fourth-order valence-corrected chi connectivity index (χ4v) is 4.22. The van der Waals surface area contributed by atoms with Crippen LogP contribution in [0.4, 0.5) is 26.0 Å². The van der Waals surface area contributed by atoms with Crippen molar-refractivity contribution in [2.24, 2.45) is 0 Å². The molecule has 2 aromatic carbocycles. The molecule has 4 rings (SSSR count). The number of aromatic nitrogens is 1. The Balaban J connectivity index is 1.72. The number of halogens is 2. The van der Waals surface area contributed by atoms with E-state index in [1.54, 1.807) is 24.4 Å². The van der Waals surface area contributed by atoms with Gasteiger partial charge in [-0.1, -0.05) is 6.07 Å². The van der Waals surface area contributed by atoms with E-state index in [0.717, 1.165) is 28.7 Å². The van der Waals surface area contributed by atoms with Crippen LogP contribution >= 0.6 is 11.3 Å². The van der Waals surface area contributed by atoms with Gasteiger partial charge in [-0.3, -0.25) is 4.79 Å². The number of hydrogen-bond acceptors (Lipinski definition) is 7. The molecule has 9 heteroatoms. The zero-order chi connectivity index (χ0) is 23.0. The molecule has 0 amide bonds. The van der Waals surface area contributed by atoms with Crippen molar-refractivity contribution in [3.63, 3.8) is 0 Å². The molecular formula is C23H19F2N3O3S. The number of carbonyl (C=O) groups excluding carboxylic acids is 1. The maximum Gasteiger partial charge on any atom is 0.209 e. The lowest BCUT2D eigenvalue weighted by molar-refractivity contribution is 0.103. The number of benzene rings is 2. The summed E-state index contributed by atoms with van der Waals surface area (Å²) in [5.74, 6) is -2.98. The Morgan fingerprint density at radius 3 is 2.44 bits per heavy atom. The number of nitrogens with one attached hydrogen (secondary N) is 1. The summed E-state index contributed by atoms with van der Waals surface area (Å²) >= 11 is 1.09. The lowest BCUT2D eigenvalue weighted by Gasteiger charge is -2.11. The summed E-state index contributed by atoms with van der Waals surface area (Å²) in [5.41, 5.74) is 7.55. The summed E-state index contributed by atoms with van der Waals surface area (Å²) in [6.45, 7) is 1.89. The first-order valence-corrected chi connectivity index (χ1v) is 10.3. The number of nitrogens with zero attached hydrogens (tertiary/aromatic N) is 1. The summed E-state index contributed by atoms with van der Waals surface area (Å²) in [4.78, 5) is 17.5. The second kappa shape index (κ2) is 8.43. The molecule has 2 aromatic heterocycles. The van der Waals surface area contributed by atoms with E-state index in [1.165, 1.54) is 14.2 Å². The lowest BCUT2D eigenvalue weighted by Crippen LogP contribution is -2.09. The fourth-order valence-electron chi connectivity index (χ4n) is 3.26. The Hall–Kier alpha value is -3.72. The van der Waals surface area contributed by atoms with Crippen LogP contribution < -0.4 is 20.5 Å². The van der Waals surface area contributed by atoms with E-state index < -0.39 is 23.0 Å². The SMILES string of the molecule is COc1cc(OC)c(F)c(C(=O)c2cc3cc(Nc4cccc(N)c4C)ncc3s2)c1F. The number of rotatable bonds is 6. The minimum atomic E-state index is -1.08. The number of hydrogen-bond donors (Lipinski definition) is 2. The van der Waals surface area contributed by atoms with Crippen LogP contribution in [0.3, 0.4) is 0 Å². The van der Waals surface area contributed by atoms with Gasteiger partial charge in [-0.2, -0.15) is 0 Å². The third-order valence-electron chi connectivity index (χ3n) is 5.07. The summed E-state index contributed by atoms with van der Waals surface area (Å²) in [5, 5.41) is 3.90. The Kier molecular flexibility index (Phi) is 5.67. The van der Waals surface area contributed by atoms with E-state index in [4.69, 9.17) is 15.2 Å². The first-order valence-electron chi connectivity index (χ1n) is 9.50. The molecule has 0 unspecified atom stereocenters. The van der Waals surface area contributed by atoms with Gasteiger partial charge in [0.25, 0.3) is 0 Å². The first-order chi connectivity index (χ1) is 15.3. The molecule has 6 nitrogen and oxygen atoms in total. The molecule has 0 atom stereocenters. The van der Waals surface area contributed by atoms with E-state index in [9.17, 15) is 13.6 Å². The van der Waals surface area contributed by atoms with Crippen LogP contribution in [0.2, 0.25) is 0 Å². The predicted molar refractivity (Wildman–Crippen MR) is 121 cm³/mol. The van der Waals surface area contributed by atoms with Gasteiger partial charge < -0.3 is 20.5 Å². The van der Waals surface area contributed by atoms with Crippen LogP contribution in [0.1, 0.15) is 20.8 Å². The number of nitrogen functional groups attached to an aromatic ring is 1. The number of methoxy groups -OCH3 is 2. The molecule has 0 aliphatic heterocycles. The topological polar surface area (TPSA) is 86.5 Å². The molecule has 0 fully saturated rings. The Morgan fingerprint density at radius 1 is 1.09 bits per heavy atom. The molecule has 32 heavy (non-hydrogen) atoms. The van der Waals surface area contributed by atoms with E-state index in [0.29, 0.717) is 21.6 Å². The minimum absolute atomic E-state index is 0.159. The average molecular weight is 455 g/mol. The smallest absolute Gasteiger partial charge is 0.209 e. The number of nitrogens with two attached hydrogens (primary N) is 1. The Labute approximate surface area is 186 Å². The van der Waals surface area contributed by atoms with E-state index in [1.807, 2.05) is 19.1 Å². The van der Waals surface area contributed by atoms with Crippen molar-refractivity contribution < 1.29 is 23.0 Å². The third-order valence-corrected chi connectivity index (χ3v) is 6.15. The number of anilines is 3. The van der Waals surface area contributed by atoms with E-state index >= 15 is 0 Å². The zero-order valence-corrected chi connectivity index (χ0v) is 18.3. The van der Waals surface area contributed by atoms with E-state index in [2.05, 4.69) is 10.3 Å². The van der Waals surface area contributed by atoms with Crippen LogP contribution in [0.25, 0.3) is 10.1 Å². The van der Waals surface area contributed by atoms with Gasteiger partial charge in [0.1, 0.15) is 11.4 Å². The molecule has 0 spiro atoms. The molecule has 4 aromatic rings. The first kappa shape index (κ1) is 21.5. The quantitative estimate of drug-likeness (QED) is 0.297. The largest absolute Gasteiger partial charge is 0.494 e. The van der Waals surface area contributed by atoms with Gasteiger partial charge in [-0.15, -0.1) is 11.3 Å². The number of pyridine rings is 1. The van der Waals surface area contributed by atoms with Gasteiger partial charge in [0, 0.05) is 23.6 Å². The predicted octanol–water partition coefficient (Wildman–Crippen LogP) is 5.46. The van der Waals surface area contributed by atoms with Crippen LogP contribution in [-0.4, -0.2) is 25.0 Å². The van der Waals surface area contributed by atoms with Crippen molar-refractivity contribution in [1.82, 2.24) is 4.98 Å². The van der Waals surface area contributed by atoms with E-state index in [-0.39, 0.29) is 16.4 Å². The maximum absolute atomic E-state index is 14.7. The van der Waals surface area contributed by atoms with Gasteiger partial charge in [0.15, 0.2) is 23.1 Å². The number of ether oxygens (including phenoxy) is 2. The average Bonchev–Trinajstić information content (AvgIpc) is 3.21. The number of fused-ring (bicyclic) bond motifs is 1. The highest BCUT2D eigenvalue weighted by Gasteiger charge is 2.27. The molecule has 0 saturated heterocycles. The summed E-state index contributed by atoms with van der Waals surface area (Å²) in [6, 6.07) is 9.90. The molecule has 164 valence electrons. The van der Waals surface area contributed by atoms with Crippen molar-refractivity contribution in [2.45, 2.75) is 6.92 Å². The highest BCUT2D eigenvalue weighted by Crippen LogP contribution is 2.35. The number of ketones is 1. The zero-order valence-electron chi connectivity index (χ0n) is 17.5. The van der Waals surface area contributed by atoms with Crippen molar-refractivity contribution in [3.8, 4) is 11.5 Å². The van der Waals surface area contributed by atoms with Gasteiger partial charge in [-0.05, 0) is 42.1 Å². The van der Waals surface area contributed by atoms with Gasteiger partial charge in [-0.25, -0.2) is 13.8 Å². The molecule has 0 aliphatic rings. The maximum atomic E-state index is 14.7. The Morgan fingerprint density at radius 2 is 1.78 bits per heavy atom. The van der Waals surface area contributed by atoms with Crippen LogP contribution in [0.5, 0.6) is 11.5 Å². The second-order valence-electron chi connectivity index (χ2n) is 6.98. The highest BCUT2D eigenvalue weighted by molar-refractivity contribution is 7.21. The third kappa shape index (κ3) is 3.71. The molecular weight excluding hydrogens is 436 g/mol. The number of thiophene rings is 1. The van der Waals surface area contributed by atoms with Crippen LogP contribution in [0.15, 0.2) is 42.6 Å². The minimum Gasteiger partial charge on any atom is -0.494 e. The standard InChI is InChI=1S/C23H19F2N3O3S/c1-11-13(26)5-4-6-14(11)28-19-8-12-7-17(32-18(12)10-27-19)23(29)20-21(24)15(30-2)9-16(31-3)22(20)25/h4-10H,26H2,1-3H3,(H,27,28). The monoisotopic (exact) mass is 455 g/mol. The van der Waals surface area contributed by atoms with Crippen molar-refractivity contribution in [2.75, 3.05) is 25.3 Å². The Bertz CT molecular complexity index is 1330. The summed E-state index contributed by atoms with van der Waals surface area (Å²) in [6.07, 6.45) is 1.60. The second-order valence-corrected chi connectivity index (χ2v) is 8.06. The molecule has 0 radical (unpaired) electrons. The number of carbonyl (C=O) groups is 1. The van der Waals surface area contributed by atoms with Crippen molar-refractivity contribution in [3.05, 3.63) is 70.2 Å². The van der Waals surface area contributed by atoms with Crippen LogP contribution in [0, 0.1) is 18.6 Å². The summed E-state index contributed by atoms with van der Waals surface area (Å²) < 4.78 is 40.0. The van der Waals surface area contributed by atoms with Gasteiger partial charge in [0.05, 0.1) is 23.8 Å². The molecule has 3 N–H and O–H groups in total. The normalized spacial score (nSPS) is 10.9. The fraction of sp³-hybridized carbons (Fsp3) is 0.130. The highest BCUT2D eigenvalue weighted by atomic mass is 32.1. The molecule has 0 aliphatic carbocycles. The molecule has 2 heterocycles. The summed E-state index contributed by atoms with van der Waals surface area (Å²) in [7, 11) is 2.46. The molecule has 0 saturated carbocycles. The van der Waals surface area contributed by atoms with Crippen molar-refractivity contribution >= 4 is 44.4 Å². The lowest BCUT2D eigenvalue weighted by atomic mass is 10.1. The van der Waals surface area contributed by atoms with Gasteiger partial charge in [0.2, 0.25) is 5.78 Å². The van der Waals surface area contributed by atoms with Gasteiger partial charge >= 0.3 is 0 Å². The van der Waals surface area contributed by atoms with Crippen LogP contribution in [-0.2, 0) is 0 Å².